The highest BCUT2D eigenvalue weighted by molar-refractivity contribution is 4.74. The van der Waals surface area contributed by atoms with Crippen LogP contribution in [-0.4, -0.2) is 12.7 Å². The predicted molar refractivity (Wildman–Crippen MR) is 73.1 cm³/mol. The molecule has 0 aromatic carbocycles. The molecule has 0 N–H and O–H groups in total. The van der Waals surface area contributed by atoms with E-state index in [-0.39, 0.29) is 0 Å². The largest absolute Gasteiger partial charge is 0.378 e. The van der Waals surface area contributed by atoms with Gasteiger partial charge < -0.3 is 4.74 Å². The van der Waals surface area contributed by atoms with Crippen molar-refractivity contribution in [3.05, 3.63) is 0 Å². The van der Waals surface area contributed by atoms with E-state index in [0.717, 1.165) is 24.4 Å². The Kier molecular flexibility index (Phi) is 5.34. The predicted octanol–water partition coefficient (Wildman–Crippen LogP) is 4.80. The van der Waals surface area contributed by atoms with E-state index in [1.165, 1.54) is 57.8 Å². The lowest BCUT2D eigenvalue weighted by molar-refractivity contribution is -0.0209. The summed E-state index contributed by atoms with van der Waals surface area (Å²) in [5, 5.41) is 0. The molecule has 0 radical (unpaired) electrons. The van der Waals surface area contributed by atoms with Crippen molar-refractivity contribution in [1.29, 1.82) is 0 Å². The molecule has 17 heavy (non-hydrogen) atoms. The summed E-state index contributed by atoms with van der Waals surface area (Å²) < 4.78 is 5.90. The summed E-state index contributed by atoms with van der Waals surface area (Å²) in [6, 6.07) is 0. The van der Waals surface area contributed by atoms with Gasteiger partial charge in [-0.05, 0) is 43.4 Å². The average molecular weight is 238 g/mol. The van der Waals surface area contributed by atoms with Crippen molar-refractivity contribution in [2.75, 3.05) is 6.61 Å². The molecular formula is C16H30O. The standard InChI is InChI=1S/C16H30O/c1-3-16-11-10-15(12-17-16)9-8-14-6-4-13(2)5-7-14/h13-16H,3-12H2,1-2H3. The molecule has 2 rings (SSSR count). The Morgan fingerprint density at radius 2 is 1.53 bits per heavy atom. The fourth-order valence-corrected chi connectivity index (χ4v) is 3.50. The normalized spacial score (nSPS) is 39.2. The molecule has 0 amide bonds. The number of rotatable bonds is 4. The second-order valence-corrected chi connectivity index (χ2v) is 6.51. The zero-order valence-corrected chi connectivity index (χ0v) is 11.8. The van der Waals surface area contributed by atoms with Crippen molar-refractivity contribution in [3.63, 3.8) is 0 Å². The van der Waals surface area contributed by atoms with Crippen LogP contribution in [-0.2, 0) is 4.74 Å². The van der Waals surface area contributed by atoms with Gasteiger partial charge in [0.1, 0.15) is 0 Å². The first kappa shape index (κ1) is 13.4. The minimum absolute atomic E-state index is 0.571. The van der Waals surface area contributed by atoms with Crippen molar-refractivity contribution in [2.45, 2.75) is 77.7 Å². The molecule has 1 saturated carbocycles. The summed E-state index contributed by atoms with van der Waals surface area (Å²) in [6.45, 7) is 5.70. The molecule has 2 aliphatic rings. The third kappa shape index (κ3) is 4.28. The molecule has 2 atom stereocenters. The maximum Gasteiger partial charge on any atom is 0.0572 e. The summed E-state index contributed by atoms with van der Waals surface area (Å²) in [7, 11) is 0. The number of hydrogen-bond donors (Lipinski definition) is 0. The molecular weight excluding hydrogens is 208 g/mol. The Morgan fingerprint density at radius 3 is 2.12 bits per heavy atom. The van der Waals surface area contributed by atoms with Crippen molar-refractivity contribution in [2.24, 2.45) is 17.8 Å². The fourth-order valence-electron chi connectivity index (χ4n) is 3.50. The molecule has 0 aromatic heterocycles. The summed E-state index contributed by atoms with van der Waals surface area (Å²) in [5.74, 6) is 2.90. The summed E-state index contributed by atoms with van der Waals surface area (Å²) >= 11 is 0. The van der Waals surface area contributed by atoms with E-state index >= 15 is 0 Å². The van der Waals surface area contributed by atoms with Gasteiger partial charge in [-0.2, -0.15) is 0 Å². The zero-order valence-electron chi connectivity index (χ0n) is 11.8. The van der Waals surface area contributed by atoms with Gasteiger partial charge in [-0.1, -0.05) is 46.0 Å². The minimum Gasteiger partial charge on any atom is -0.378 e. The van der Waals surface area contributed by atoms with Gasteiger partial charge in [-0.15, -0.1) is 0 Å². The maximum atomic E-state index is 5.90. The van der Waals surface area contributed by atoms with Gasteiger partial charge >= 0.3 is 0 Å². The highest BCUT2D eigenvalue weighted by Crippen LogP contribution is 2.33. The second-order valence-electron chi connectivity index (χ2n) is 6.51. The Bertz CT molecular complexity index is 198. The van der Waals surface area contributed by atoms with Crippen LogP contribution >= 0.6 is 0 Å². The van der Waals surface area contributed by atoms with Crippen molar-refractivity contribution in [1.82, 2.24) is 0 Å². The van der Waals surface area contributed by atoms with Crippen LogP contribution in [0, 0.1) is 17.8 Å². The van der Waals surface area contributed by atoms with Crippen LogP contribution in [0.1, 0.15) is 71.6 Å². The molecule has 1 heterocycles. The Labute approximate surface area is 107 Å². The van der Waals surface area contributed by atoms with E-state index in [2.05, 4.69) is 13.8 Å². The number of hydrogen-bond acceptors (Lipinski definition) is 1. The zero-order chi connectivity index (χ0) is 12.1. The van der Waals surface area contributed by atoms with Crippen LogP contribution in [0.25, 0.3) is 0 Å². The number of ether oxygens (including phenoxy) is 1. The molecule has 0 aromatic rings. The highest BCUT2D eigenvalue weighted by atomic mass is 16.5. The maximum absolute atomic E-state index is 5.90. The third-order valence-corrected chi connectivity index (χ3v) is 5.04. The highest BCUT2D eigenvalue weighted by Gasteiger charge is 2.23. The van der Waals surface area contributed by atoms with Crippen LogP contribution < -0.4 is 0 Å². The fraction of sp³-hybridized carbons (Fsp3) is 1.00. The first-order valence-corrected chi connectivity index (χ1v) is 7.89. The van der Waals surface area contributed by atoms with Crippen LogP contribution in [0.4, 0.5) is 0 Å². The molecule has 2 unspecified atom stereocenters. The van der Waals surface area contributed by atoms with Crippen molar-refractivity contribution in [3.8, 4) is 0 Å². The smallest absolute Gasteiger partial charge is 0.0572 e. The summed E-state index contributed by atoms with van der Waals surface area (Å²) in [6.07, 6.45) is 13.3. The summed E-state index contributed by atoms with van der Waals surface area (Å²) in [4.78, 5) is 0. The van der Waals surface area contributed by atoms with Crippen molar-refractivity contribution < 1.29 is 4.74 Å². The average Bonchev–Trinajstić information content (AvgIpc) is 2.39. The molecule has 1 heteroatoms. The molecule has 100 valence electrons. The Balaban J connectivity index is 1.59. The van der Waals surface area contributed by atoms with Gasteiger partial charge in [0, 0.05) is 6.61 Å². The van der Waals surface area contributed by atoms with Crippen molar-refractivity contribution >= 4 is 0 Å². The minimum atomic E-state index is 0.571. The molecule has 2 fully saturated rings. The lowest BCUT2D eigenvalue weighted by Crippen LogP contribution is -2.26. The van der Waals surface area contributed by atoms with Gasteiger partial charge in [0.15, 0.2) is 0 Å². The van der Waals surface area contributed by atoms with Gasteiger partial charge in [-0.25, -0.2) is 0 Å². The van der Waals surface area contributed by atoms with E-state index in [1.54, 1.807) is 0 Å². The van der Waals surface area contributed by atoms with Crippen LogP contribution in [0.2, 0.25) is 0 Å². The van der Waals surface area contributed by atoms with E-state index in [0.29, 0.717) is 6.10 Å². The molecule has 0 bridgehead atoms. The van der Waals surface area contributed by atoms with Crippen LogP contribution in [0.15, 0.2) is 0 Å². The third-order valence-electron chi connectivity index (χ3n) is 5.04. The second kappa shape index (κ2) is 6.78. The van der Waals surface area contributed by atoms with E-state index in [9.17, 15) is 0 Å². The Morgan fingerprint density at radius 1 is 0.882 bits per heavy atom. The molecule has 1 aliphatic heterocycles. The van der Waals surface area contributed by atoms with Crippen LogP contribution in [0.5, 0.6) is 0 Å². The lowest BCUT2D eigenvalue weighted by Gasteiger charge is -2.31. The topological polar surface area (TPSA) is 9.23 Å². The summed E-state index contributed by atoms with van der Waals surface area (Å²) in [5.41, 5.74) is 0. The quantitative estimate of drug-likeness (QED) is 0.683. The van der Waals surface area contributed by atoms with Gasteiger partial charge in [0.25, 0.3) is 0 Å². The van der Waals surface area contributed by atoms with E-state index in [1.807, 2.05) is 0 Å². The molecule has 0 spiro atoms. The Hall–Kier alpha value is -0.0400. The van der Waals surface area contributed by atoms with Gasteiger partial charge in [0.05, 0.1) is 6.10 Å². The van der Waals surface area contributed by atoms with Gasteiger partial charge in [0.2, 0.25) is 0 Å². The molecule has 1 saturated heterocycles. The van der Waals surface area contributed by atoms with Gasteiger partial charge in [-0.3, -0.25) is 0 Å². The molecule has 1 aliphatic carbocycles. The SMILES string of the molecule is CCC1CCC(CCC2CCC(C)CC2)CO1. The van der Waals surface area contributed by atoms with E-state index in [4.69, 9.17) is 4.74 Å². The lowest BCUT2D eigenvalue weighted by atomic mass is 9.79. The molecule has 1 nitrogen and oxygen atoms in total. The first-order valence-electron chi connectivity index (χ1n) is 7.89. The first-order chi connectivity index (χ1) is 8.28. The van der Waals surface area contributed by atoms with Crippen LogP contribution in [0.3, 0.4) is 0 Å². The van der Waals surface area contributed by atoms with E-state index < -0.39 is 0 Å². The monoisotopic (exact) mass is 238 g/mol.